The second-order valence-corrected chi connectivity index (χ2v) is 5.69. The summed E-state index contributed by atoms with van der Waals surface area (Å²) in [6, 6.07) is 1.52. The predicted octanol–water partition coefficient (Wildman–Crippen LogP) is 2.87. The molecule has 0 aromatic carbocycles. The van der Waals surface area contributed by atoms with E-state index in [9.17, 15) is 0 Å². The van der Waals surface area contributed by atoms with E-state index in [1.54, 1.807) is 0 Å². The first-order valence-corrected chi connectivity index (χ1v) is 7.08. The Morgan fingerprint density at radius 3 is 2.44 bits per heavy atom. The predicted molar refractivity (Wildman–Crippen MR) is 71.5 cm³/mol. The highest BCUT2D eigenvalue weighted by Gasteiger charge is 2.32. The maximum Gasteiger partial charge on any atom is 0.00981 e. The monoisotopic (exact) mass is 226 g/mol. The van der Waals surface area contributed by atoms with E-state index >= 15 is 0 Å². The molecule has 1 fully saturated rings. The van der Waals surface area contributed by atoms with Crippen LogP contribution in [0.15, 0.2) is 0 Å². The molecule has 2 N–H and O–H groups in total. The number of nitrogens with zero attached hydrogens (tertiary/aromatic N) is 1. The third-order valence-electron chi connectivity index (χ3n) is 4.35. The summed E-state index contributed by atoms with van der Waals surface area (Å²) in [7, 11) is 0. The Balaban J connectivity index is 2.52. The summed E-state index contributed by atoms with van der Waals surface area (Å²) < 4.78 is 0. The Hall–Kier alpha value is -0.0800. The SMILES string of the molecule is CCC(C)CC(CC)N1CC(CN)CC1C. The van der Waals surface area contributed by atoms with E-state index < -0.39 is 0 Å². The minimum atomic E-state index is 0.737. The largest absolute Gasteiger partial charge is 0.330 e. The van der Waals surface area contributed by atoms with Crippen LogP contribution < -0.4 is 5.73 Å². The Bertz CT molecular complexity index is 193. The molecule has 0 aromatic heterocycles. The molecule has 1 saturated heterocycles. The summed E-state index contributed by atoms with van der Waals surface area (Å²) in [5.41, 5.74) is 5.80. The summed E-state index contributed by atoms with van der Waals surface area (Å²) >= 11 is 0. The van der Waals surface area contributed by atoms with Gasteiger partial charge in [0.1, 0.15) is 0 Å². The van der Waals surface area contributed by atoms with Crippen molar-refractivity contribution in [3.8, 4) is 0 Å². The van der Waals surface area contributed by atoms with Gasteiger partial charge in [0.2, 0.25) is 0 Å². The summed E-state index contributed by atoms with van der Waals surface area (Å²) in [4.78, 5) is 2.71. The average molecular weight is 226 g/mol. The number of hydrogen-bond donors (Lipinski definition) is 1. The maximum absolute atomic E-state index is 5.80. The van der Waals surface area contributed by atoms with Crippen molar-refractivity contribution in [2.45, 2.75) is 65.5 Å². The summed E-state index contributed by atoms with van der Waals surface area (Å²) in [6.45, 7) is 11.5. The first-order chi connectivity index (χ1) is 7.62. The highest BCUT2D eigenvalue weighted by molar-refractivity contribution is 4.87. The van der Waals surface area contributed by atoms with Crippen molar-refractivity contribution in [3.63, 3.8) is 0 Å². The van der Waals surface area contributed by atoms with Gasteiger partial charge in [-0.3, -0.25) is 4.90 Å². The molecular weight excluding hydrogens is 196 g/mol. The van der Waals surface area contributed by atoms with Crippen molar-refractivity contribution < 1.29 is 0 Å². The molecule has 2 nitrogen and oxygen atoms in total. The molecule has 96 valence electrons. The van der Waals surface area contributed by atoms with E-state index in [0.29, 0.717) is 0 Å². The molecule has 0 bridgehead atoms. The summed E-state index contributed by atoms with van der Waals surface area (Å²) in [5, 5.41) is 0. The molecule has 1 rings (SSSR count). The number of rotatable bonds is 6. The fourth-order valence-electron chi connectivity index (χ4n) is 3.02. The topological polar surface area (TPSA) is 29.3 Å². The van der Waals surface area contributed by atoms with Gasteiger partial charge in [0, 0.05) is 18.6 Å². The first-order valence-electron chi connectivity index (χ1n) is 7.08. The molecule has 1 aliphatic rings. The number of hydrogen-bond acceptors (Lipinski definition) is 2. The molecule has 0 aromatic rings. The normalized spacial score (nSPS) is 30.6. The Morgan fingerprint density at radius 1 is 1.31 bits per heavy atom. The smallest absolute Gasteiger partial charge is 0.00981 e. The van der Waals surface area contributed by atoms with Crippen molar-refractivity contribution in [2.24, 2.45) is 17.6 Å². The average Bonchev–Trinajstić information content (AvgIpc) is 2.67. The van der Waals surface area contributed by atoms with Gasteiger partial charge in [0.25, 0.3) is 0 Å². The second-order valence-electron chi connectivity index (χ2n) is 5.69. The molecule has 0 amide bonds. The minimum absolute atomic E-state index is 0.737. The number of likely N-dealkylation sites (tertiary alicyclic amines) is 1. The molecule has 0 aliphatic carbocycles. The van der Waals surface area contributed by atoms with E-state index in [4.69, 9.17) is 5.73 Å². The maximum atomic E-state index is 5.80. The van der Waals surface area contributed by atoms with E-state index in [1.807, 2.05) is 0 Å². The Morgan fingerprint density at radius 2 is 2.00 bits per heavy atom. The Kier molecular flexibility index (Phi) is 5.77. The van der Waals surface area contributed by atoms with Crippen LogP contribution in [0.1, 0.15) is 53.4 Å². The van der Waals surface area contributed by atoms with Gasteiger partial charge < -0.3 is 5.73 Å². The third-order valence-corrected chi connectivity index (χ3v) is 4.35. The van der Waals surface area contributed by atoms with E-state index in [1.165, 1.54) is 32.2 Å². The van der Waals surface area contributed by atoms with E-state index in [2.05, 4.69) is 32.6 Å². The van der Waals surface area contributed by atoms with Crippen LogP contribution in [0.2, 0.25) is 0 Å². The van der Waals surface area contributed by atoms with E-state index in [-0.39, 0.29) is 0 Å². The second kappa shape index (κ2) is 6.61. The van der Waals surface area contributed by atoms with Gasteiger partial charge in [-0.2, -0.15) is 0 Å². The number of nitrogens with two attached hydrogens (primary N) is 1. The van der Waals surface area contributed by atoms with Crippen molar-refractivity contribution in [2.75, 3.05) is 13.1 Å². The van der Waals surface area contributed by atoms with Crippen LogP contribution in [0, 0.1) is 11.8 Å². The summed E-state index contributed by atoms with van der Waals surface area (Å²) in [6.07, 6.45) is 5.24. The Labute approximate surface area is 102 Å². The zero-order valence-electron chi connectivity index (χ0n) is 11.6. The molecule has 1 aliphatic heterocycles. The van der Waals surface area contributed by atoms with Crippen molar-refractivity contribution in [1.29, 1.82) is 0 Å². The first kappa shape index (κ1) is 14.0. The van der Waals surface area contributed by atoms with Crippen LogP contribution >= 0.6 is 0 Å². The van der Waals surface area contributed by atoms with Gasteiger partial charge in [-0.1, -0.05) is 27.2 Å². The molecule has 4 atom stereocenters. The van der Waals surface area contributed by atoms with Crippen LogP contribution in [-0.4, -0.2) is 30.1 Å². The highest BCUT2D eigenvalue weighted by atomic mass is 15.2. The van der Waals surface area contributed by atoms with Gasteiger partial charge in [0.05, 0.1) is 0 Å². The van der Waals surface area contributed by atoms with E-state index in [0.717, 1.165) is 30.5 Å². The fraction of sp³-hybridized carbons (Fsp3) is 1.00. The van der Waals surface area contributed by atoms with Gasteiger partial charge in [-0.25, -0.2) is 0 Å². The van der Waals surface area contributed by atoms with Crippen molar-refractivity contribution >= 4 is 0 Å². The van der Waals surface area contributed by atoms with Crippen LogP contribution in [0.25, 0.3) is 0 Å². The van der Waals surface area contributed by atoms with Gasteiger partial charge >= 0.3 is 0 Å². The molecule has 16 heavy (non-hydrogen) atoms. The van der Waals surface area contributed by atoms with Gasteiger partial charge in [-0.15, -0.1) is 0 Å². The van der Waals surface area contributed by atoms with Gasteiger partial charge in [0.15, 0.2) is 0 Å². The zero-order chi connectivity index (χ0) is 12.1. The molecule has 0 saturated carbocycles. The molecule has 0 radical (unpaired) electrons. The molecule has 4 unspecified atom stereocenters. The zero-order valence-corrected chi connectivity index (χ0v) is 11.6. The minimum Gasteiger partial charge on any atom is -0.330 e. The summed E-state index contributed by atoms with van der Waals surface area (Å²) in [5.74, 6) is 1.59. The van der Waals surface area contributed by atoms with Crippen LogP contribution in [-0.2, 0) is 0 Å². The van der Waals surface area contributed by atoms with Gasteiger partial charge in [-0.05, 0) is 44.6 Å². The lowest BCUT2D eigenvalue weighted by Gasteiger charge is -2.32. The lowest BCUT2D eigenvalue weighted by Crippen LogP contribution is -2.38. The quantitative estimate of drug-likeness (QED) is 0.754. The van der Waals surface area contributed by atoms with Crippen LogP contribution in [0.4, 0.5) is 0 Å². The standard InChI is InChI=1S/C14H30N2/c1-5-11(3)7-14(6-2)16-10-13(9-15)8-12(16)4/h11-14H,5-10,15H2,1-4H3. The van der Waals surface area contributed by atoms with Crippen molar-refractivity contribution in [1.82, 2.24) is 4.90 Å². The third kappa shape index (κ3) is 3.46. The molecule has 1 heterocycles. The molecular formula is C14H30N2. The molecule has 0 spiro atoms. The van der Waals surface area contributed by atoms with Crippen molar-refractivity contribution in [3.05, 3.63) is 0 Å². The fourth-order valence-corrected chi connectivity index (χ4v) is 3.02. The molecule has 2 heteroatoms. The van der Waals surface area contributed by atoms with Crippen LogP contribution in [0.3, 0.4) is 0 Å². The van der Waals surface area contributed by atoms with Crippen LogP contribution in [0.5, 0.6) is 0 Å². The lowest BCUT2D eigenvalue weighted by atomic mass is 9.96. The lowest BCUT2D eigenvalue weighted by molar-refractivity contribution is 0.156. The highest BCUT2D eigenvalue weighted by Crippen LogP contribution is 2.28.